The molecule has 0 fully saturated rings. The predicted octanol–water partition coefficient (Wildman–Crippen LogP) is 2.88. The molecule has 0 aliphatic carbocycles. The van der Waals surface area contributed by atoms with E-state index in [4.69, 9.17) is 0 Å². The minimum absolute atomic E-state index is 0.408. The van der Waals surface area contributed by atoms with Crippen LogP contribution in [-0.2, 0) is 0 Å². The Labute approximate surface area is 92.1 Å². The number of halogens is 3. The molecule has 0 saturated heterocycles. The van der Waals surface area contributed by atoms with Gasteiger partial charge in [-0.25, -0.2) is 4.98 Å². The minimum atomic E-state index is -4.21. The van der Waals surface area contributed by atoms with E-state index >= 15 is 0 Å². The van der Waals surface area contributed by atoms with Crippen LogP contribution in [-0.4, -0.2) is 24.2 Å². The maximum Gasteiger partial charge on any atom is 0.405 e. The molecule has 0 aliphatic heterocycles. The molecule has 2 N–H and O–H groups in total. The number of alkyl halides is 3. The van der Waals surface area contributed by atoms with Crippen LogP contribution in [0, 0.1) is 0 Å². The summed E-state index contributed by atoms with van der Waals surface area (Å²) in [6, 6.07) is 3.06. The zero-order chi connectivity index (χ0) is 12.0. The summed E-state index contributed by atoms with van der Waals surface area (Å²) in [7, 11) is 0. The van der Waals surface area contributed by atoms with Crippen LogP contribution in [0.2, 0.25) is 0 Å². The van der Waals surface area contributed by atoms with E-state index in [1.165, 1.54) is 12.3 Å². The third kappa shape index (κ3) is 4.86. The molecule has 0 aromatic carbocycles. The number of nitrogens with one attached hydrogen (secondary N) is 2. The van der Waals surface area contributed by atoms with E-state index in [2.05, 4.69) is 15.6 Å². The number of pyridine rings is 1. The second-order valence-corrected chi connectivity index (χ2v) is 3.33. The topological polar surface area (TPSA) is 37.0 Å². The van der Waals surface area contributed by atoms with Gasteiger partial charge in [0.2, 0.25) is 0 Å². The van der Waals surface area contributed by atoms with Crippen molar-refractivity contribution in [1.82, 2.24) is 4.98 Å². The Morgan fingerprint density at radius 2 is 2.06 bits per heavy atom. The number of hydrogen-bond acceptors (Lipinski definition) is 3. The monoisotopic (exact) mass is 233 g/mol. The lowest BCUT2D eigenvalue weighted by atomic mass is 10.3. The first kappa shape index (κ1) is 12.6. The van der Waals surface area contributed by atoms with E-state index in [0.29, 0.717) is 11.5 Å². The Kier molecular flexibility index (Phi) is 4.39. The zero-order valence-electron chi connectivity index (χ0n) is 8.93. The summed E-state index contributed by atoms with van der Waals surface area (Å²) in [6.45, 7) is 1.71. The van der Waals surface area contributed by atoms with Gasteiger partial charge in [-0.3, -0.25) is 0 Å². The molecule has 1 heterocycles. The van der Waals surface area contributed by atoms with Crippen LogP contribution in [0.3, 0.4) is 0 Å². The van der Waals surface area contributed by atoms with Crippen molar-refractivity contribution >= 4 is 11.5 Å². The third-order valence-corrected chi connectivity index (χ3v) is 1.81. The summed E-state index contributed by atoms with van der Waals surface area (Å²) in [6.07, 6.45) is -1.81. The highest BCUT2D eigenvalue weighted by Crippen LogP contribution is 2.17. The smallest absolute Gasteiger partial charge is 0.376 e. The highest BCUT2D eigenvalue weighted by molar-refractivity contribution is 5.51. The van der Waals surface area contributed by atoms with Gasteiger partial charge < -0.3 is 10.6 Å². The lowest BCUT2D eigenvalue weighted by Crippen LogP contribution is -2.21. The molecule has 6 heteroatoms. The first-order valence-corrected chi connectivity index (χ1v) is 5.02. The van der Waals surface area contributed by atoms with Crippen LogP contribution in [0.15, 0.2) is 18.3 Å². The fourth-order valence-electron chi connectivity index (χ4n) is 1.09. The highest BCUT2D eigenvalue weighted by Gasteiger charge is 2.26. The maximum atomic E-state index is 12.0. The fraction of sp³-hybridized carbons (Fsp3) is 0.500. The van der Waals surface area contributed by atoms with Gasteiger partial charge in [0.05, 0.1) is 0 Å². The molecule has 0 saturated carbocycles. The minimum Gasteiger partial charge on any atom is -0.376 e. The zero-order valence-corrected chi connectivity index (χ0v) is 8.93. The molecular formula is C10H14F3N3. The van der Waals surface area contributed by atoms with Crippen molar-refractivity contribution in [1.29, 1.82) is 0 Å². The van der Waals surface area contributed by atoms with Crippen molar-refractivity contribution in [3.05, 3.63) is 18.3 Å². The SMILES string of the molecule is CCCNc1cc(NCC(F)(F)F)ccn1. The molecule has 0 atom stereocenters. The standard InChI is InChI=1S/C10H14F3N3/c1-2-4-14-9-6-8(3-5-15-9)16-7-10(11,12)13/h3,5-6H,2,4,7H2,1H3,(H2,14,15,16). The van der Waals surface area contributed by atoms with E-state index in [9.17, 15) is 13.2 Å². The van der Waals surface area contributed by atoms with Crippen LogP contribution in [0.4, 0.5) is 24.7 Å². The number of nitrogens with zero attached hydrogens (tertiary/aromatic N) is 1. The van der Waals surface area contributed by atoms with Crippen molar-refractivity contribution in [2.75, 3.05) is 23.7 Å². The van der Waals surface area contributed by atoms with Crippen LogP contribution < -0.4 is 10.6 Å². The molecule has 1 aromatic heterocycles. The lowest BCUT2D eigenvalue weighted by Gasteiger charge is -2.10. The lowest BCUT2D eigenvalue weighted by molar-refractivity contribution is -0.115. The van der Waals surface area contributed by atoms with Crippen LogP contribution in [0.1, 0.15) is 13.3 Å². The predicted molar refractivity (Wildman–Crippen MR) is 57.6 cm³/mol. The first-order chi connectivity index (χ1) is 7.51. The van der Waals surface area contributed by atoms with Crippen molar-refractivity contribution in [2.45, 2.75) is 19.5 Å². The Morgan fingerprint density at radius 1 is 1.31 bits per heavy atom. The second kappa shape index (κ2) is 5.58. The second-order valence-electron chi connectivity index (χ2n) is 3.33. The molecule has 3 nitrogen and oxygen atoms in total. The molecule has 1 aromatic rings. The van der Waals surface area contributed by atoms with E-state index in [0.717, 1.165) is 13.0 Å². The van der Waals surface area contributed by atoms with Crippen molar-refractivity contribution in [2.24, 2.45) is 0 Å². The summed E-state index contributed by atoms with van der Waals surface area (Å²) >= 11 is 0. The van der Waals surface area contributed by atoms with Crippen LogP contribution in [0.25, 0.3) is 0 Å². The summed E-state index contributed by atoms with van der Waals surface area (Å²) in [5.74, 6) is 0.578. The number of anilines is 2. The highest BCUT2D eigenvalue weighted by atomic mass is 19.4. The molecule has 0 aliphatic rings. The molecule has 16 heavy (non-hydrogen) atoms. The molecule has 0 unspecified atom stereocenters. The van der Waals surface area contributed by atoms with Gasteiger partial charge in [0.25, 0.3) is 0 Å². The Hall–Kier alpha value is -1.46. The molecule has 0 spiro atoms. The van der Waals surface area contributed by atoms with Crippen molar-refractivity contribution in [3.8, 4) is 0 Å². The summed E-state index contributed by atoms with van der Waals surface area (Å²) in [5.41, 5.74) is 0.408. The quantitative estimate of drug-likeness (QED) is 0.821. The van der Waals surface area contributed by atoms with E-state index in [1.54, 1.807) is 6.07 Å². The molecule has 0 bridgehead atoms. The van der Waals surface area contributed by atoms with Gasteiger partial charge >= 0.3 is 6.18 Å². The maximum absolute atomic E-state index is 12.0. The number of rotatable bonds is 5. The Balaban J connectivity index is 2.53. The molecule has 1 rings (SSSR count). The molecule has 90 valence electrons. The van der Waals surface area contributed by atoms with Crippen LogP contribution in [0.5, 0.6) is 0 Å². The number of aromatic nitrogens is 1. The normalized spacial score (nSPS) is 11.2. The van der Waals surface area contributed by atoms with Gasteiger partial charge in [-0.05, 0) is 12.5 Å². The van der Waals surface area contributed by atoms with Crippen molar-refractivity contribution < 1.29 is 13.2 Å². The van der Waals surface area contributed by atoms with E-state index < -0.39 is 12.7 Å². The van der Waals surface area contributed by atoms with E-state index in [1.807, 2.05) is 6.92 Å². The summed E-state index contributed by atoms with van der Waals surface area (Å²) < 4.78 is 35.9. The fourth-order valence-corrected chi connectivity index (χ4v) is 1.09. The Bertz CT molecular complexity index is 325. The van der Waals surface area contributed by atoms with Gasteiger partial charge in [-0.1, -0.05) is 6.92 Å². The Morgan fingerprint density at radius 3 is 2.69 bits per heavy atom. The van der Waals surface area contributed by atoms with E-state index in [-0.39, 0.29) is 0 Å². The molecule has 0 radical (unpaired) electrons. The number of hydrogen-bond donors (Lipinski definition) is 2. The van der Waals surface area contributed by atoms with Crippen molar-refractivity contribution in [3.63, 3.8) is 0 Å². The van der Waals surface area contributed by atoms with Gasteiger partial charge in [-0.2, -0.15) is 13.2 Å². The van der Waals surface area contributed by atoms with Gasteiger partial charge in [0.1, 0.15) is 12.4 Å². The van der Waals surface area contributed by atoms with Gasteiger partial charge in [0.15, 0.2) is 0 Å². The van der Waals surface area contributed by atoms with Gasteiger partial charge in [-0.15, -0.1) is 0 Å². The third-order valence-electron chi connectivity index (χ3n) is 1.81. The molecular weight excluding hydrogens is 219 g/mol. The first-order valence-electron chi connectivity index (χ1n) is 5.02. The van der Waals surface area contributed by atoms with Crippen LogP contribution >= 0.6 is 0 Å². The summed E-state index contributed by atoms with van der Waals surface area (Å²) in [5, 5.41) is 5.30. The average Bonchev–Trinajstić information content (AvgIpc) is 2.23. The largest absolute Gasteiger partial charge is 0.405 e. The summed E-state index contributed by atoms with van der Waals surface area (Å²) in [4.78, 5) is 3.99. The molecule has 0 amide bonds. The van der Waals surface area contributed by atoms with Gasteiger partial charge in [0, 0.05) is 24.5 Å². The average molecular weight is 233 g/mol.